The molecule has 0 saturated carbocycles. The fourth-order valence-corrected chi connectivity index (χ4v) is 3.31. The number of para-hydroxylation sites is 1. The van der Waals surface area contributed by atoms with E-state index in [-0.39, 0.29) is 5.69 Å². The maximum atomic E-state index is 12.5. The van der Waals surface area contributed by atoms with Crippen molar-refractivity contribution in [1.82, 2.24) is 14.5 Å². The van der Waals surface area contributed by atoms with Gasteiger partial charge in [0.05, 0.1) is 17.6 Å². The lowest BCUT2D eigenvalue weighted by atomic mass is 10.2. The van der Waals surface area contributed by atoms with Gasteiger partial charge in [-0.05, 0) is 62.1 Å². The third kappa shape index (κ3) is 4.72. The van der Waals surface area contributed by atoms with Crippen LogP contribution in [0.3, 0.4) is 0 Å². The van der Waals surface area contributed by atoms with Gasteiger partial charge in [0, 0.05) is 17.9 Å². The molecule has 4 rings (SSSR count). The molecule has 0 atom stereocenters. The van der Waals surface area contributed by atoms with Crippen molar-refractivity contribution in [3.05, 3.63) is 88.8 Å². The number of ether oxygens (including phenoxy) is 1. The number of anilines is 2. The van der Waals surface area contributed by atoms with Gasteiger partial charge >= 0.3 is 5.69 Å². The standard InChI is InChI=1S/C24H26N4O2/c1-27(2)14-15-30-21-11-8-18(9-12-21)17-28-23-13-10-20(16-22(23)26-24(28)29)25-19-6-4-3-5-7-19/h3-13,16,25H,14-15,17H2,1-2H3,(H,26,29). The van der Waals surface area contributed by atoms with Crippen molar-refractivity contribution in [2.75, 3.05) is 32.6 Å². The molecule has 154 valence electrons. The molecular weight excluding hydrogens is 376 g/mol. The first kappa shape index (κ1) is 19.8. The summed E-state index contributed by atoms with van der Waals surface area (Å²) in [5, 5.41) is 3.36. The van der Waals surface area contributed by atoms with Crippen molar-refractivity contribution >= 4 is 22.4 Å². The number of aromatic amines is 1. The molecule has 3 aromatic carbocycles. The van der Waals surface area contributed by atoms with Gasteiger partial charge in [0.2, 0.25) is 0 Å². The minimum Gasteiger partial charge on any atom is -0.492 e. The summed E-state index contributed by atoms with van der Waals surface area (Å²) in [7, 11) is 4.04. The molecule has 0 spiro atoms. The second-order valence-electron chi connectivity index (χ2n) is 7.53. The van der Waals surface area contributed by atoms with Crippen LogP contribution < -0.4 is 15.7 Å². The van der Waals surface area contributed by atoms with Crippen LogP contribution in [0.1, 0.15) is 5.56 Å². The van der Waals surface area contributed by atoms with Gasteiger partial charge in [-0.2, -0.15) is 0 Å². The van der Waals surface area contributed by atoms with Gasteiger partial charge in [-0.25, -0.2) is 4.79 Å². The van der Waals surface area contributed by atoms with Crippen LogP contribution in [-0.4, -0.2) is 41.7 Å². The summed E-state index contributed by atoms with van der Waals surface area (Å²) >= 11 is 0. The molecule has 0 saturated heterocycles. The lowest BCUT2D eigenvalue weighted by Gasteiger charge is -2.11. The number of hydrogen-bond donors (Lipinski definition) is 2. The third-order valence-corrected chi connectivity index (χ3v) is 4.91. The Morgan fingerprint density at radius 1 is 0.967 bits per heavy atom. The number of hydrogen-bond acceptors (Lipinski definition) is 4. The zero-order valence-corrected chi connectivity index (χ0v) is 17.3. The van der Waals surface area contributed by atoms with Crippen molar-refractivity contribution in [2.45, 2.75) is 6.54 Å². The van der Waals surface area contributed by atoms with Crippen LogP contribution in [0.5, 0.6) is 5.75 Å². The van der Waals surface area contributed by atoms with Crippen molar-refractivity contribution in [3.8, 4) is 5.75 Å². The summed E-state index contributed by atoms with van der Waals surface area (Å²) in [6.45, 7) is 2.02. The topological polar surface area (TPSA) is 62.3 Å². The Morgan fingerprint density at radius 2 is 1.73 bits per heavy atom. The van der Waals surface area contributed by atoms with Gasteiger partial charge in [-0.3, -0.25) is 4.57 Å². The Labute approximate surface area is 175 Å². The Kier molecular flexibility index (Phi) is 5.86. The molecule has 6 heteroatoms. The predicted molar refractivity (Wildman–Crippen MR) is 122 cm³/mol. The van der Waals surface area contributed by atoms with E-state index in [0.717, 1.165) is 40.3 Å². The van der Waals surface area contributed by atoms with E-state index in [0.29, 0.717) is 13.2 Å². The molecule has 6 nitrogen and oxygen atoms in total. The van der Waals surface area contributed by atoms with Gasteiger partial charge in [0.1, 0.15) is 12.4 Å². The van der Waals surface area contributed by atoms with E-state index < -0.39 is 0 Å². The Balaban J connectivity index is 1.49. The van der Waals surface area contributed by atoms with Crippen LogP contribution >= 0.6 is 0 Å². The molecule has 30 heavy (non-hydrogen) atoms. The molecule has 1 aromatic heterocycles. The van der Waals surface area contributed by atoms with Crippen LogP contribution in [0.15, 0.2) is 77.6 Å². The molecule has 0 aliphatic carbocycles. The summed E-state index contributed by atoms with van der Waals surface area (Å²) < 4.78 is 7.49. The van der Waals surface area contributed by atoms with E-state index in [2.05, 4.69) is 15.2 Å². The van der Waals surface area contributed by atoms with E-state index in [4.69, 9.17) is 4.74 Å². The SMILES string of the molecule is CN(C)CCOc1ccc(Cn2c(=O)[nH]c3cc(Nc4ccccc4)ccc32)cc1. The first-order valence-corrected chi connectivity index (χ1v) is 9.99. The first-order chi connectivity index (χ1) is 14.6. The molecule has 0 unspecified atom stereocenters. The van der Waals surface area contributed by atoms with Crippen molar-refractivity contribution in [1.29, 1.82) is 0 Å². The molecule has 0 amide bonds. The minimum absolute atomic E-state index is 0.117. The number of benzene rings is 3. The Hall–Kier alpha value is -3.51. The molecular formula is C24H26N4O2. The smallest absolute Gasteiger partial charge is 0.326 e. The number of nitrogens with zero attached hydrogens (tertiary/aromatic N) is 2. The molecule has 0 aliphatic heterocycles. The second kappa shape index (κ2) is 8.88. The van der Waals surface area contributed by atoms with Crippen LogP contribution in [0, 0.1) is 0 Å². The molecule has 4 aromatic rings. The van der Waals surface area contributed by atoms with E-state index in [1.54, 1.807) is 4.57 Å². The quantitative estimate of drug-likeness (QED) is 0.467. The fraction of sp³-hybridized carbons (Fsp3) is 0.208. The van der Waals surface area contributed by atoms with Gasteiger partial charge in [0.15, 0.2) is 0 Å². The Bertz CT molecular complexity index is 1160. The number of likely N-dealkylation sites (N-methyl/N-ethyl adjacent to an activating group) is 1. The zero-order chi connectivity index (χ0) is 20.9. The monoisotopic (exact) mass is 402 g/mol. The molecule has 0 aliphatic rings. The minimum atomic E-state index is -0.117. The summed E-state index contributed by atoms with van der Waals surface area (Å²) in [4.78, 5) is 17.6. The van der Waals surface area contributed by atoms with Gasteiger partial charge in [-0.15, -0.1) is 0 Å². The number of aromatic nitrogens is 2. The summed E-state index contributed by atoms with van der Waals surface area (Å²) in [5.41, 5.74) is 4.56. The zero-order valence-electron chi connectivity index (χ0n) is 17.3. The van der Waals surface area contributed by atoms with Gasteiger partial charge in [-0.1, -0.05) is 30.3 Å². The largest absolute Gasteiger partial charge is 0.492 e. The number of imidazole rings is 1. The summed E-state index contributed by atoms with van der Waals surface area (Å²) in [6, 6.07) is 23.8. The number of fused-ring (bicyclic) bond motifs is 1. The average Bonchev–Trinajstić information content (AvgIpc) is 3.04. The molecule has 0 radical (unpaired) electrons. The van der Waals surface area contributed by atoms with Crippen molar-refractivity contribution in [2.24, 2.45) is 0 Å². The van der Waals surface area contributed by atoms with Gasteiger partial charge in [0.25, 0.3) is 0 Å². The molecule has 2 N–H and O–H groups in total. The third-order valence-electron chi connectivity index (χ3n) is 4.91. The highest BCUT2D eigenvalue weighted by Gasteiger charge is 2.09. The van der Waals surface area contributed by atoms with Gasteiger partial charge < -0.3 is 19.9 Å². The highest BCUT2D eigenvalue weighted by Crippen LogP contribution is 2.21. The Morgan fingerprint density at radius 3 is 2.47 bits per heavy atom. The van der Waals surface area contributed by atoms with E-state index in [1.165, 1.54) is 0 Å². The lowest BCUT2D eigenvalue weighted by Crippen LogP contribution is -2.19. The first-order valence-electron chi connectivity index (χ1n) is 9.99. The van der Waals surface area contributed by atoms with Crippen LogP contribution in [0.4, 0.5) is 11.4 Å². The average molecular weight is 402 g/mol. The second-order valence-corrected chi connectivity index (χ2v) is 7.53. The number of rotatable bonds is 8. The normalized spacial score (nSPS) is 11.2. The highest BCUT2D eigenvalue weighted by atomic mass is 16.5. The summed E-state index contributed by atoms with van der Waals surface area (Å²) in [6.07, 6.45) is 0. The number of nitrogens with one attached hydrogen (secondary N) is 2. The lowest BCUT2D eigenvalue weighted by molar-refractivity contribution is 0.261. The van der Waals surface area contributed by atoms with Crippen molar-refractivity contribution in [3.63, 3.8) is 0 Å². The number of H-pyrrole nitrogens is 1. The van der Waals surface area contributed by atoms with Crippen LogP contribution in [0.2, 0.25) is 0 Å². The van der Waals surface area contributed by atoms with E-state index in [1.807, 2.05) is 86.9 Å². The predicted octanol–water partition coefficient (Wildman–Crippen LogP) is 4.06. The highest BCUT2D eigenvalue weighted by molar-refractivity contribution is 5.81. The van der Waals surface area contributed by atoms with E-state index >= 15 is 0 Å². The molecule has 0 fully saturated rings. The summed E-state index contributed by atoms with van der Waals surface area (Å²) in [5.74, 6) is 0.837. The maximum absolute atomic E-state index is 12.5. The van der Waals surface area contributed by atoms with Crippen molar-refractivity contribution < 1.29 is 4.74 Å². The van der Waals surface area contributed by atoms with Crippen LogP contribution in [-0.2, 0) is 6.54 Å². The molecule has 1 heterocycles. The maximum Gasteiger partial charge on any atom is 0.326 e. The van der Waals surface area contributed by atoms with E-state index in [9.17, 15) is 4.79 Å². The fourth-order valence-electron chi connectivity index (χ4n) is 3.31. The van der Waals surface area contributed by atoms with Crippen LogP contribution in [0.25, 0.3) is 11.0 Å². The molecule has 0 bridgehead atoms.